The number of imide groups is 1. The highest BCUT2D eigenvalue weighted by atomic mass is 16.2. The Labute approximate surface area is 114 Å². The summed E-state index contributed by atoms with van der Waals surface area (Å²) in [7, 11) is 0. The van der Waals surface area contributed by atoms with Crippen LogP contribution in [0.5, 0.6) is 0 Å². The zero-order chi connectivity index (χ0) is 14.0. The highest BCUT2D eigenvalue weighted by Crippen LogP contribution is 2.27. The van der Waals surface area contributed by atoms with Gasteiger partial charge in [0.05, 0.1) is 18.2 Å². The van der Waals surface area contributed by atoms with Gasteiger partial charge in [-0.15, -0.1) is 0 Å². The molecule has 1 aliphatic rings. The molecule has 1 aromatic carbocycles. The second-order valence-corrected chi connectivity index (χ2v) is 4.80. The molecule has 1 unspecified atom stereocenters. The van der Waals surface area contributed by atoms with Gasteiger partial charge in [-0.25, -0.2) is 4.90 Å². The Morgan fingerprint density at radius 3 is 2.42 bits per heavy atom. The van der Waals surface area contributed by atoms with Gasteiger partial charge < -0.3 is 0 Å². The SMILES string of the molecule is CCN(CC)C1CC(=O)N(c2ccccc2C)C1=O. The Hall–Kier alpha value is -1.68. The van der Waals surface area contributed by atoms with Crippen molar-refractivity contribution >= 4 is 17.5 Å². The summed E-state index contributed by atoms with van der Waals surface area (Å²) in [6.45, 7) is 7.50. The van der Waals surface area contributed by atoms with Crippen LogP contribution >= 0.6 is 0 Å². The Bertz CT molecular complexity index is 495. The number of aryl methyl sites for hydroxylation is 1. The van der Waals surface area contributed by atoms with Crippen LogP contribution in [0.15, 0.2) is 24.3 Å². The van der Waals surface area contributed by atoms with E-state index < -0.39 is 0 Å². The minimum absolute atomic E-state index is 0.0944. The number of carbonyl (C=O) groups is 2. The fourth-order valence-electron chi connectivity index (χ4n) is 2.63. The summed E-state index contributed by atoms with van der Waals surface area (Å²) in [5.74, 6) is -0.195. The van der Waals surface area contributed by atoms with E-state index in [1.165, 1.54) is 4.90 Å². The van der Waals surface area contributed by atoms with Gasteiger partial charge in [0.25, 0.3) is 5.91 Å². The number of rotatable bonds is 4. The average Bonchev–Trinajstić information content (AvgIpc) is 2.68. The molecule has 1 fully saturated rings. The van der Waals surface area contributed by atoms with Gasteiger partial charge in [-0.1, -0.05) is 32.0 Å². The van der Waals surface area contributed by atoms with Crippen LogP contribution < -0.4 is 4.90 Å². The van der Waals surface area contributed by atoms with Gasteiger partial charge in [-0.3, -0.25) is 14.5 Å². The first-order chi connectivity index (χ1) is 9.10. The molecule has 0 spiro atoms. The van der Waals surface area contributed by atoms with Crippen molar-refractivity contribution in [3.05, 3.63) is 29.8 Å². The zero-order valence-corrected chi connectivity index (χ0v) is 11.7. The lowest BCUT2D eigenvalue weighted by atomic mass is 10.2. The van der Waals surface area contributed by atoms with Gasteiger partial charge in [0, 0.05) is 0 Å². The molecule has 2 rings (SSSR count). The van der Waals surface area contributed by atoms with Crippen LogP contribution in [0.3, 0.4) is 0 Å². The number of carbonyl (C=O) groups excluding carboxylic acids is 2. The molecule has 1 aromatic rings. The molecule has 4 nitrogen and oxygen atoms in total. The minimum atomic E-state index is -0.304. The van der Waals surface area contributed by atoms with E-state index in [0.29, 0.717) is 5.69 Å². The van der Waals surface area contributed by atoms with Crippen LogP contribution in [0.4, 0.5) is 5.69 Å². The topological polar surface area (TPSA) is 40.6 Å². The van der Waals surface area contributed by atoms with E-state index in [-0.39, 0.29) is 24.3 Å². The molecule has 1 atom stereocenters. The molecule has 0 aliphatic carbocycles. The van der Waals surface area contributed by atoms with Crippen LogP contribution in [0.2, 0.25) is 0 Å². The first-order valence-electron chi connectivity index (χ1n) is 6.76. The Morgan fingerprint density at radius 1 is 1.21 bits per heavy atom. The van der Waals surface area contributed by atoms with E-state index in [2.05, 4.69) is 0 Å². The predicted molar refractivity (Wildman–Crippen MR) is 75.0 cm³/mol. The van der Waals surface area contributed by atoms with Gasteiger partial charge in [0.15, 0.2) is 0 Å². The standard InChI is InChI=1S/C15H20N2O2/c1-4-16(5-2)13-10-14(18)17(15(13)19)12-9-7-6-8-11(12)3/h6-9,13H,4-5,10H2,1-3H3. The van der Waals surface area contributed by atoms with E-state index in [4.69, 9.17) is 0 Å². The number of para-hydroxylation sites is 1. The van der Waals surface area contributed by atoms with E-state index in [1.807, 2.05) is 49.9 Å². The summed E-state index contributed by atoms with van der Waals surface area (Å²) < 4.78 is 0. The molecule has 0 radical (unpaired) electrons. The van der Waals surface area contributed by atoms with Crippen molar-refractivity contribution in [1.82, 2.24) is 4.90 Å². The molecule has 19 heavy (non-hydrogen) atoms. The maximum atomic E-state index is 12.5. The number of amides is 2. The van der Waals surface area contributed by atoms with E-state index in [1.54, 1.807) is 0 Å². The fourth-order valence-corrected chi connectivity index (χ4v) is 2.63. The normalized spacial score (nSPS) is 19.6. The van der Waals surface area contributed by atoms with Crippen molar-refractivity contribution < 1.29 is 9.59 Å². The first-order valence-corrected chi connectivity index (χ1v) is 6.76. The number of likely N-dealkylation sites (N-methyl/N-ethyl adjacent to an activating group) is 1. The first kappa shape index (κ1) is 13.7. The Balaban J connectivity index is 2.32. The predicted octanol–water partition coefficient (Wildman–Crippen LogP) is 1.97. The van der Waals surface area contributed by atoms with Crippen LogP contribution in [-0.4, -0.2) is 35.8 Å². The lowest BCUT2D eigenvalue weighted by molar-refractivity contribution is -0.122. The second-order valence-electron chi connectivity index (χ2n) is 4.80. The Morgan fingerprint density at radius 2 is 1.84 bits per heavy atom. The zero-order valence-electron chi connectivity index (χ0n) is 11.7. The van der Waals surface area contributed by atoms with Crippen molar-refractivity contribution in [3.8, 4) is 0 Å². The smallest absolute Gasteiger partial charge is 0.251 e. The van der Waals surface area contributed by atoms with Gasteiger partial charge in [-0.2, -0.15) is 0 Å². The maximum Gasteiger partial charge on any atom is 0.251 e. The lowest BCUT2D eigenvalue weighted by Crippen LogP contribution is -2.42. The number of hydrogen-bond acceptors (Lipinski definition) is 3. The molecular weight excluding hydrogens is 240 g/mol. The van der Waals surface area contributed by atoms with Crippen molar-refractivity contribution in [2.24, 2.45) is 0 Å². The lowest BCUT2D eigenvalue weighted by Gasteiger charge is -2.24. The molecular formula is C15H20N2O2. The van der Waals surface area contributed by atoms with Crippen LogP contribution in [-0.2, 0) is 9.59 Å². The molecule has 1 saturated heterocycles. The summed E-state index contributed by atoms with van der Waals surface area (Å²) in [6.07, 6.45) is 0.287. The minimum Gasteiger partial charge on any atom is -0.292 e. The summed E-state index contributed by atoms with van der Waals surface area (Å²) in [6, 6.07) is 7.21. The largest absolute Gasteiger partial charge is 0.292 e. The maximum absolute atomic E-state index is 12.5. The molecule has 0 saturated carbocycles. The highest BCUT2D eigenvalue weighted by molar-refractivity contribution is 6.22. The molecule has 0 bridgehead atoms. The average molecular weight is 260 g/mol. The molecule has 1 aliphatic heterocycles. The van der Waals surface area contributed by atoms with E-state index >= 15 is 0 Å². The molecule has 1 heterocycles. The van der Waals surface area contributed by atoms with Crippen LogP contribution in [0.25, 0.3) is 0 Å². The third-order valence-corrected chi connectivity index (χ3v) is 3.73. The molecule has 2 amide bonds. The Kier molecular flexibility index (Phi) is 4.00. The quantitative estimate of drug-likeness (QED) is 0.777. The van der Waals surface area contributed by atoms with Gasteiger partial charge >= 0.3 is 0 Å². The van der Waals surface area contributed by atoms with Crippen LogP contribution in [0.1, 0.15) is 25.8 Å². The van der Waals surface area contributed by atoms with Gasteiger partial charge in [0.2, 0.25) is 5.91 Å². The summed E-state index contributed by atoms with van der Waals surface area (Å²) >= 11 is 0. The molecule has 0 N–H and O–H groups in total. The van der Waals surface area contributed by atoms with Crippen molar-refractivity contribution in [2.45, 2.75) is 33.2 Å². The summed E-state index contributed by atoms with van der Waals surface area (Å²) in [5, 5.41) is 0. The van der Waals surface area contributed by atoms with Crippen molar-refractivity contribution in [2.75, 3.05) is 18.0 Å². The third kappa shape index (κ3) is 2.40. The number of hydrogen-bond donors (Lipinski definition) is 0. The number of anilines is 1. The number of benzene rings is 1. The van der Waals surface area contributed by atoms with E-state index in [9.17, 15) is 9.59 Å². The van der Waals surface area contributed by atoms with Crippen molar-refractivity contribution in [1.29, 1.82) is 0 Å². The molecule has 102 valence electrons. The number of nitrogens with zero attached hydrogens (tertiary/aromatic N) is 2. The van der Waals surface area contributed by atoms with Crippen LogP contribution in [0, 0.1) is 6.92 Å². The van der Waals surface area contributed by atoms with E-state index in [0.717, 1.165) is 18.7 Å². The molecule has 4 heteroatoms. The highest BCUT2D eigenvalue weighted by Gasteiger charge is 2.42. The fraction of sp³-hybridized carbons (Fsp3) is 0.467. The monoisotopic (exact) mass is 260 g/mol. The van der Waals surface area contributed by atoms with Crippen molar-refractivity contribution in [3.63, 3.8) is 0 Å². The summed E-state index contributed by atoms with van der Waals surface area (Å²) in [4.78, 5) is 28.0. The molecule has 0 aromatic heterocycles. The summed E-state index contributed by atoms with van der Waals surface area (Å²) in [5.41, 5.74) is 1.66. The van der Waals surface area contributed by atoms with Gasteiger partial charge in [0.1, 0.15) is 0 Å². The third-order valence-electron chi connectivity index (χ3n) is 3.73. The van der Waals surface area contributed by atoms with Gasteiger partial charge in [-0.05, 0) is 31.6 Å². The second kappa shape index (κ2) is 5.53.